The second kappa shape index (κ2) is 8.79. The standard InChI is InChI=1S/C25H32N4O3/c1-2-32-17-23(30)28-12-9-25(10-13-28)14-22-26-21-8-11-27(15-19-6-4-3-5-7-19)16-20(21)24(31)29(22)18-25/h3-7H,2,8-18H2,1H3. The minimum absolute atomic E-state index is 0.0508. The highest BCUT2D eigenvalue weighted by Gasteiger charge is 2.43. The fraction of sp³-hybridized carbons (Fsp3) is 0.560. The van der Waals surface area contributed by atoms with E-state index >= 15 is 0 Å². The number of fused-ring (bicyclic) bond motifs is 2. The van der Waals surface area contributed by atoms with E-state index in [0.29, 0.717) is 13.2 Å². The topological polar surface area (TPSA) is 67.7 Å². The van der Waals surface area contributed by atoms with Gasteiger partial charge in [0.15, 0.2) is 0 Å². The monoisotopic (exact) mass is 436 g/mol. The van der Waals surface area contributed by atoms with Crippen molar-refractivity contribution >= 4 is 5.91 Å². The molecule has 1 saturated heterocycles. The van der Waals surface area contributed by atoms with Crippen LogP contribution in [0, 0.1) is 5.41 Å². The molecule has 2 aromatic rings. The second-order valence-electron chi connectivity index (χ2n) is 9.49. The fourth-order valence-electron chi connectivity index (χ4n) is 5.47. The quantitative estimate of drug-likeness (QED) is 0.717. The molecule has 1 spiro atoms. The minimum atomic E-state index is 0.0508. The Hall–Kier alpha value is -2.51. The van der Waals surface area contributed by atoms with Crippen LogP contribution in [-0.4, -0.2) is 58.1 Å². The fourth-order valence-corrected chi connectivity index (χ4v) is 5.47. The smallest absolute Gasteiger partial charge is 0.258 e. The molecule has 1 aromatic carbocycles. The third kappa shape index (κ3) is 4.11. The summed E-state index contributed by atoms with van der Waals surface area (Å²) >= 11 is 0. The number of hydrogen-bond donors (Lipinski definition) is 0. The SMILES string of the molecule is CCOCC(=O)N1CCC2(CC1)Cc1nc3c(c(=O)n1C2)CN(Cc1ccccc1)CC3. The maximum Gasteiger partial charge on any atom is 0.258 e. The highest BCUT2D eigenvalue weighted by atomic mass is 16.5. The molecule has 170 valence electrons. The lowest BCUT2D eigenvalue weighted by molar-refractivity contribution is -0.138. The molecule has 0 N–H and O–H groups in total. The number of nitrogens with zero attached hydrogens (tertiary/aromatic N) is 4. The summed E-state index contributed by atoms with van der Waals surface area (Å²) in [5, 5.41) is 0. The predicted molar refractivity (Wildman–Crippen MR) is 121 cm³/mol. The summed E-state index contributed by atoms with van der Waals surface area (Å²) in [4.78, 5) is 35.0. The van der Waals surface area contributed by atoms with Crippen LogP contribution >= 0.6 is 0 Å². The lowest BCUT2D eigenvalue weighted by Crippen LogP contribution is -2.45. The molecule has 3 aliphatic heterocycles. The molecule has 1 fully saturated rings. The molecule has 7 nitrogen and oxygen atoms in total. The van der Waals surface area contributed by atoms with Crippen LogP contribution in [0.4, 0.5) is 0 Å². The number of benzene rings is 1. The van der Waals surface area contributed by atoms with E-state index in [1.807, 2.05) is 22.5 Å². The molecule has 0 bridgehead atoms. The summed E-state index contributed by atoms with van der Waals surface area (Å²) in [6.07, 6.45) is 3.51. The van der Waals surface area contributed by atoms with Gasteiger partial charge in [0.05, 0.1) is 11.3 Å². The van der Waals surface area contributed by atoms with E-state index in [2.05, 4.69) is 29.2 Å². The number of rotatable bonds is 5. The maximum atomic E-state index is 13.4. The zero-order chi connectivity index (χ0) is 22.1. The van der Waals surface area contributed by atoms with Crippen LogP contribution in [0.15, 0.2) is 35.1 Å². The Balaban J connectivity index is 1.28. The first-order chi connectivity index (χ1) is 15.6. The van der Waals surface area contributed by atoms with Crippen molar-refractivity contribution in [3.8, 4) is 0 Å². The number of carbonyl (C=O) groups is 1. The molecular weight excluding hydrogens is 404 g/mol. The van der Waals surface area contributed by atoms with E-state index in [1.54, 1.807) is 0 Å². The van der Waals surface area contributed by atoms with Gasteiger partial charge in [0.2, 0.25) is 5.91 Å². The molecule has 1 amide bonds. The van der Waals surface area contributed by atoms with Gasteiger partial charge in [-0.3, -0.25) is 19.1 Å². The third-order valence-electron chi connectivity index (χ3n) is 7.36. The van der Waals surface area contributed by atoms with Crippen molar-refractivity contribution < 1.29 is 9.53 Å². The highest BCUT2D eigenvalue weighted by Crippen LogP contribution is 2.40. The summed E-state index contributed by atoms with van der Waals surface area (Å²) in [5.74, 6) is 1.01. The second-order valence-corrected chi connectivity index (χ2v) is 9.49. The Morgan fingerprint density at radius 3 is 2.69 bits per heavy atom. The largest absolute Gasteiger partial charge is 0.372 e. The Bertz CT molecular complexity index is 1040. The predicted octanol–water partition coefficient (Wildman–Crippen LogP) is 2.00. The van der Waals surface area contributed by atoms with Crippen LogP contribution < -0.4 is 5.56 Å². The van der Waals surface area contributed by atoms with Crippen molar-refractivity contribution in [2.75, 3.05) is 32.8 Å². The van der Waals surface area contributed by atoms with E-state index in [9.17, 15) is 9.59 Å². The highest BCUT2D eigenvalue weighted by molar-refractivity contribution is 5.77. The van der Waals surface area contributed by atoms with Gasteiger partial charge in [-0.1, -0.05) is 30.3 Å². The summed E-state index contributed by atoms with van der Waals surface area (Å²) in [6.45, 7) is 7.28. The van der Waals surface area contributed by atoms with Crippen LogP contribution in [-0.2, 0) is 42.0 Å². The number of likely N-dealkylation sites (tertiary alicyclic amines) is 1. The zero-order valence-electron chi connectivity index (χ0n) is 18.9. The molecule has 0 radical (unpaired) electrons. The van der Waals surface area contributed by atoms with Crippen LogP contribution in [0.3, 0.4) is 0 Å². The molecule has 0 saturated carbocycles. The lowest BCUT2D eigenvalue weighted by atomic mass is 9.77. The Labute approximate surface area is 189 Å². The van der Waals surface area contributed by atoms with E-state index in [0.717, 1.165) is 75.5 Å². The number of hydrogen-bond acceptors (Lipinski definition) is 5. The summed E-state index contributed by atoms with van der Waals surface area (Å²) in [5.41, 5.74) is 3.34. The third-order valence-corrected chi connectivity index (χ3v) is 7.36. The number of piperidine rings is 1. The van der Waals surface area contributed by atoms with Gasteiger partial charge in [0.25, 0.3) is 5.56 Å². The minimum Gasteiger partial charge on any atom is -0.372 e. The van der Waals surface area contributed by atoms with Gasteiger partial charge in [0, 0.05) is 58.7 Å². The first-order valence-electron chi connectivity index (χ1n) is 11.8. The first-order valence-corrected chi connectivity index (χ1v) is 11.8. The van der Waals surface area contributed by atoms with E-state index in [4.69, 9.17) is 9.72 Å². The van der Waals surface area contributed by atoms with E-state index < -0.39 is 0 Å². The van der Waals surface area contributed by atoms with Gasteiger partial charge in [-0.25, -0.2) is 4.98 Å². The molecule has 5 rings (SSSR count). The van der Waals surface area contributed by atoms with Crippen LogP contribution in [0.1, 0.15) is 42.4 Å². The Kier molecular flexibility index (Phi) is 5.86. The van der Waals surface area contributed by atoms with Crippen LogP contribution in [0.25, 0.3) is 0 Å². The van der Waals surface area contributed by atoms with Crippen molar-refractivity contribution in [3.05, 3.63) is 63.3 Å². The van der Waals surface area contributed by atoms with Crippen LogP contribution in [0.5, 0.6) is 0 Å². The summed E-state index contributed by atoms with van der Waals surface area (Å²) in [6, 6.07) is 10.4. The van der Waals surface area contributed by atoms with E-state index in [-0.39, 0.29) is 23.5 Å². The van der Waals surface area contributed by atoms with Crippen LogP contribution in [0.2, 0.25) is 0 Å². The lowest BCUT2D eigenvalue weighted by Gasteiger charge is -2.38. The van der Waals surface area contributed by atoms with Gasteiger partial charge in [0.1, 0.15) is 12.4 Å². The number of ether oxygens (including phenoxy) is 1. The normalized spacial score (nSPS) is 19.7. The molecule has 4 heterocycles. The number of aromatic nitrogens is 2. The molecule has 0 atom stereocenters. The first kappa shape index (κ1) is 21.3. The number of amides is 1. The molecule has 32 heavy (non-hydrogen) atoms. The van der Waals surface area contributed by atoms with Crippen molar-refractivity contribution in [2.24, 2.45) is 5.41 Å². The Morgan fingerprint density at radius 2 is 1.94 bits per heavy atom. The van der Waals surface area contributed by atoms with Gasteiger partial charge < -0.3 is 9.64 Å². The maximum absolute atomic E-state index is 13.4. The molecule has 0 unspecified atom stereocenters. The van der Waals surface area contributed by atoms with Gasteiger partial charge in [-0.15, -0.1) is 0 Å². The molecule has 1 aromatic heterocycles. The average molecular weight is 437 g/mol. The van der Waals surface area contributed by atoms with Gasteiger partial charge in [-0.05, 0) is 30.7 Å². The zero-order valence-corrected chi connectivity index (χ0v) is 18.9. The summed E-state index contributed by atoms with van der Waals surface area (Å²) in [7, 11) is 0. The van der Waals surface area contributed by atoms with Crippen molar-refractivity contribution in [1.82, 2.24) is 19.4 Å². The van der Waals surface area contributed by atoms with Gasteiger partial charge in [-0.2, -0.15) is 0 Å². The van der Waals surface area contributed by atoms with Gasteiger partial charge >= 0.3 is 0 Å². The van der Waals surface area contributed by atoms with E-state index in [1.165, 1.54) is 5.56 Å². The number of carbonyl (C=O) groups excluding carboxylic acids is 1. The van der Waals surface area contributed by atoms with Crippen molar-refractivity contribution in [1.29, 1.82) is 0 Å². The average Bonchev–Trinajstić information content (AvgIpc) is 3.17. The molecular formula is C25H32N4O3. The Morgan fingerprint density at radius 1 is 1.16 bits per heavy atom. The van der Waals surface area contributed by atoms with Crippen molar-refractivity contribution in [2.45, 2.75) is 52.2 Å². The molecule has 7 heteroatoms. The molecule has 3 aliphatic rings. The van der Waals surface area contributed by atoms with Crippen molar-refractivity contribution in [3.63, 3.8) is 0 Å². The summed E-state index contributed by atoms with van der Waals surface area (Å²) < 4.78 is 7.22. The molecule has 0 aliphatic carbocycles.